The zero-order chi connectivity index (χ0) is 14.8. The third-order valence-electron chi connectivity index (χ3n) is 5.20. The first-order valence-corrected chi connectivity index (χ1v) is 8.25. The molecule has 2 aliphatic rings. The van der Waals surface area contributed by atoms with E-state index in [0.717, 1.165) is 31.5 Å². The summed E-state index contributed by atoms with van der Waals surface area (Å²) in [4.78, 5) is 14.6. The van der Waals surface area contributed by atoms with Gasteiger partial charge in [-0.2, -0.15) is 0 Å². The maximum Gasteiger partial charge on any atom is 0.223 e. The van der Waals surface area contributed by atoms with E-state index in [9.17, 15) is 4.79 Å². The summed E-state index contributed by atoms with van der Waals surface area (Å²) in [5.41, 5.74) is 2.51. The number of para-hydroxylation sites is 1. The van der Waals surface area contributed by atoms with Crippen LogP contribution in [0.3, 0.4) is 0 Å². The second-order valence-corrected chi connectivity index (χ2v) is 6.83. The zero-order valence-corrected chi connectivity index (χ0v) is 13.1. The van der Waals surface area contributed by atoms with Crippen LogP contribution in [0.15, 0.2) is 24.3 Å². The highest BCUT2D eigenvalue weighted by Gasteiger charge is 2.29. The third kappa shape index (κ3) is 3.07. The van der Waals surface area contributed by atoms with E-state index >= 15 is 0 Å². The number of benzene rings is 1. The lowest BCUT2D eigenvalue weighted by Gasteiger charge is -2.34. The molecule has 1 aromatic carbocycles. The van der Waals surface area contributed by atoms with Gasteiger partial charge in [0.1, 0.15) is 0 Å². The van der Waals surface area contributed by atoms with E-state index in [1.165, 1.54) is 24.1 Å². The van der Waals surface area contributed by atoms with Crippen molar-refractivity contribution in [1.82, 2.24) is 4.90 Å². The minimum Gasteiger partial charge on any atom is -0.384 e. The van der Waals surface area contributed by atoms with Crippen molar-refractivity contribution in [3.8, 4) is 0 Å². The van der Waals surface area contributed by atoms with E-state index in [1.54, 1.807) is 0 Å². The second kappa shape index (κ2) is 6.08. The number of carbonyl (C=O) groups is 1. The van der Waals surface area contributed by atoms with Gasteiger partial charge in [-0.05, 0) is 36.3 Å². The number of hydrogen-bond acceptors (Lipinski definition) is 2. The average Bonchev–Trinajstić information content (AvgIpc) is 2.91. The van der Waals surface area contributed by atoms with Gasteiger partial charge in [-0.25, -0.2) is 0 Å². The molecule has 3 nitrogen and oxygen atoms in total. The molecule has 0 saturated carbocycles. The van der Waals surface area contributed by atoms with E-state index < -0.39 is 0 Å². The summed E-state index contributed by atoms with van der Waals surface area (Å²) >= 11 is 0. The van der Waals surface area contributed by atoms with Crippen LogP contribution in [0.4, 0.5) is 5.69 Å². The number of fused-ring (bicyclic) bond motifs is 1. The Morgan fingerprint density at radius 3 is 2.71 bits per heavy atom. The predicted octanol–water partition coefficient (Wildman–Crippen LogP) is 3.48. The van der Waals surface area contributed by atoms with Crippen LogP contribution in [0, 0.1) is 11.8 Å². The molecule has 1 fully saturated rings. The van der Waals surface area contributed by atoms with Crippen molar-refractivity contribution in [3.63, 3.8) is 0 Å². The summed E-state index contributed by atoms with van der Waals surface area (Å²) in [7, 11) is 0. The Hall–Kier alpha value is -1.51. The fraction of sp³-hybridized carbons (Fsp3) is 0.611. The quantitative estimate of drug-likeness (QED) is 0.922. The number of carbonyl (C=O) groups excluding carboxylic acids is 1. The monoisotopic (exact) mass is 286 g/mol. The Balaban J connectivity index is 1.56. The van der Waals surface area contributed by atoms with Crippen LogP contribution in [-0.4, -0.2) is 30.4 Å². The standard InChI is InChI=1S/C18H26N2O/c1-13(2)14-7-9-20(10-8-14)18(21)11-15-12-19-17-6-4-3-5-16(15)17/h3-6,13-15,19H,7-12H2,1-2H3. The Morgan fingerprint density at radius 2 is 2.00 bits per heavy atom. The number of nitrogens with zero attached hydrogens (tertiary/aromatic N) is 1. The van der Waals surface area contributed by atoms with Gasteiger partial charge in [-0.3, -0.25) is 4.79 Å². The van der Waals surface area contributed by atoms with Crippen LogP contribution in [0.25, 0.3) is 0 Å². The molecule has 3 rings (SSSR count). The van der Waals surface area contributed by atoms with Gasteiger partial charge in [0.05, 0.1) is 0 Å². The summed E-state index contributed by atoms with van der Waals surface area (Å²) < 4.78 is 0. The fourth-order valence-electron chi connectivity index (χ4n) is 3.69. The van der Waals surface area contributed by atoms with Crippen molar-refractivity contribution in [2.45, 2.75) is 39.0 Å². The third-order valence-corrected chi connectivity index (χ3v) is 5.20. The highest BCUT2D eigenvalue weighted by molar-refractivity contribution is 5.78. The van der Waals surface area contributed by atoms with Crippen molar-refractivity contribution in [3.05, 3.63) is 29.8 Å². The smallest absolute Gasteiger partial charge is 0.223 e. The molecule has 1 aromatic rings. The summed E-state index contributed by atoms with van der Waals surface area (Å²) in [6.45, 7) is 7.38. The van der Waals surface area contributed by atoms with Gasteiger partial charge in [-0.15, -0.1) is 0 Å². The first-order chi connectivity index (χ1) is 10.1. The normalized spacial score (nSPS) is 22.2. The molecule has 2 aliphatic heterocycles. The summed E-state index contributed by atoms with van der Waals surface area (Å²) in [6.07, 6.45) is 2.99. The molecule has 1 atom stereocenters. The molecular formula is C18H26N2O. The van der Waals surface area contributed by atoms with Crippen LogP contribution in [-0.2, 0) is 4.79 Å². The van der Waals surface area contributed by atoms with E-state index in [2.05, 4.69) is 42.3 Å². The molecular weight excluding hydrogens is 260 g/mol. The minimum atomic E-state index is 0.334. The molecule has 114 valence electrons. The number of piperidine rings is 1. The van der Waals surface area contributed by atoms with E-state index in [4.69, 9.17) is 0 Å². The number of anilines is 1. The first-order valence-electron chi connectivity index (χ1n) is 8.25. The highest BCUT2D eigenvalue weighted by atomic mass is 16.2. The van der Waals surface area contributed by atoms with Crippen LogP contribution >= 0.6 is 0 Å². The molecule has 1 N–H and O–H groups in total. The number of nitrogens with one attached hydrogen (secondary N) is 1. The maximum atomic E-state index is 12.5. The SMILES string of the molecule is CC(C)C1CCN(C(=O)CC2CNc3ccccc32)CC1. The zero-order valence-electron chi connectivity index (χ0n) is 13.1. The van der Waals surface area contributed by atoms with Crippen LogP contribution < -0.4 is 5.32 Å². The van der Waals surface area contributed by atoms with Gasteiger partial charge in [0.25, 0.3) is 0 Å². The van der Waals surface area contributed by atoms with Gasteiger partial charge < -0.3 is 10.2 Å². The lowest BCUT2D eigenvalue weighted by atomic mass is 9.86. The molecule has 0 aromatic heterocycles. The van der Waals surface area contributed by atoms with E-state index in [-0.39, 0.29) is 0 Å². The van der Waals surface area contributed by atoms with E-state index in [0.29, 0.717) is 18.2 Å². The Kier molecular flexibility index (Phi) is 4.18. The number of hydrogen-bond donors (Lipinski definition) is 1. The first kappa shape index (κ1) is 14.4. The molecule has 21 heavy (non-hydrogen) atoms. The van der Waals surface area contributed by atoms with Gasteiger partial charge in [0.2, 0.25) is 5.91 Å². The van der Waals surface area contributed by atoms with Crippen LogP contribution in [0.5, 0.6) is 0 Å². The lowest BCUT2D eigenvalue weighted by molar-refractivity contribution is -0.133. The fourth-order valence-corrected chi connectivity index (χ4v) is 3.69. The number of likely N-dealkylation sites (tertiary alicyclic amines) is 1. The summed E-state index contributed by atoms with van der Waals surface area (Å²) in [5.74, 6) is 2.22. The van der Waals surface area contributed by atoms with Gasteiger partial charge in [0.15, 0.2) is 0 Å². The van der Waals surface area contributed by atoms with Gasteiger partial charge in [0, 0.05) is 37.7 Å². The highest BCUT2D eigenvalue weighted by Crippen LogP contribution is 2.34. The Morgan fingerprint density at radius 1 is 1.29 bits per heavy atom. The summed E-state index contributed by atoms with van der Waals surface area (Å²) in [5, 5.41) is 3.41. The molecule has 0 bridgehead atoms. The minimum absolute atomic E-state index is 0.334. The van der Waals surface area contributed by atoms with Crippen molar-refractivity contribution in [2.75, 3.05) is 25.0 Å². The molecule has 1 saturated heterocycles. The molecule has 3 heteroatoms. The molecule has 0 spiro atoms. The molecule has 1 unspecified atom stereocenters. The topological polar surface area (TPSA) is 32.3 Å². The van der Waals surface area contributed by atoms with Crippen molar-refractivity contribution < 1.29 is 4.79 Å². The predicted molar refractivity (Wildman–Crippen MR) is 86.4 cm³/mol. The molecule has 0 radical (unpaired) electrons. The maximum absolute atomic E-state index is 12.5. The largest absolute Gasteiger partial charge is 0.384 e. The van der Waals surface area contributed by atoms with Gasteiger partial charge >= 0.3 is 0 Å². The molecule has 1 amide bonds. The number of rotatable bonds is 3. The molecule has 0 aliphatic carbocycles. The number of amides is 1. The van der Waals surface area contributed by atoms with Crippen LogP contribution in [0.1, 0.15) is 44.6 Å². The van der Waals surface area contributed by atoms with Crippen molar-refractivity contribution in [1.29, 1.82) is 0 Å². The van der Waals surface area contributed by atoms with Crippen molar-refractivity contribution in [2.24, 2.45) is 11.8 Å². The summed E-state index contributed by atoms with van der Waals surface area (Å²) in [6, 6.07) is 8.37. The Labute approximate surface area is 127 Å². The van der Waals surface area contributed by atoms with Crippen molar-refractivity contribution >= 4 is 11.6 Å². The molecule has 2 heterocycles. The second-order valence-electron chi connectivity index (χ2n) is 6.83. The Bertz CT molecular complexity index is 504. The lowest BCUT2D eigenvalue weighted by Crippen LogP contribution is -2.40. The van der Waals surface area contributed by atoms with Gasteiger partial charge in [-0.1, -0.05) is 32.0 Å². The average molecular weight is 286 g/mol. The van der Waals surface area contributed by atoms with Crippen LogP contribution in [0.2, 0.25) is 0 Å². The van der Waals surface area contributed by atoms with E-state index in [1.807, 2.05) is 6.07 Å².